The quantitative estimate of drug-likeness (QED) is 0.432. The zero-order chi connectivity index (χ0) is 20.1. The van der Waals surface area contributed by atoms with E-state index in [-0.39, 0.29) is 0 Å². The Morgan fingerprint density at radius 3 is 2.79 bits per heavy atom. The molecule has 0 saturated heterocycles. The first-order valence-corrected chi connectivity index (χ1v) is 10.5. The summed E-state index contributed by atoms with van der Waals surface area (Å²) in [4.78, 5) is 4.63. The van der Waals surface area contributed by atoms with E-state index in [0.717, 1.165) is 34.7 Å². The van der Waals surface area contributed by atoms with E-state index in [0.29, 0.717) is 23.3 Å². The second-order valence-corrected chi connectivity index (χ2v) is 7.52. The fourth-order valence-corrected chi connectivity index (χ4v) is 3.58. The highest BCUT2D eigenvalue weighted by atomic mass is 32.2. The number of aromatic nitrogens is 3. The Balaban J connectivity index is 1.68. The molecule has 0 amide bonds. The fraction of sp³-hybridized carbons (Fsp3) is 0.227. The molecule has 0 spiro atoms. The zero-order valence-corrected chi connectivity index (χ0v) is 17.0. The molecule has 2 aromatic carbocycles. The van der Waals surface area contributed by atoms with Crippen LogP contribution in [0.25, 0.3) is 11.3 Å². The molecule has 6 nitrogen and oxygen atoms in total. The van der Waals surface area contributed by atoms with E-state index in [9.17, 15) is 0 Å². The number of fused-ring (bicyclic) bond motifs is 3. The molecule has 7 heteroatoms. The van der Waals surface area contributed by atoms with Crippen LogP contribution in [0.5, 0.6) is 11.6 Å². The number of nitrogens with one attached hydrogen (secondary N) is 1. The Hall–Kier alpha value is -3.06. The second kappa shape index (κ2) is 8.96. The molecule has 148 valence electrons. The molecule has 0 aliphatic carbocycles. The number of nitrogens with zero attached hydrogens (tertiary/aromatic N) is 3. The predicted molar refractivity (Wildman–Crippen MR) is 115 cm³/mol. The van der Waals surface area contributed by atoms with Crippen LogP contribution >= 0.6 is 11.8 Å². The minimum Gasteiger partial charge on any atom is -0.490 e. The largest absolute Gasteiger partial charge is 0.490 e. The summed E-state index contributed by atoms with van der Waals surface area (Å²) >= 11 is 1.58. The maximum atomic E-state index is 6.27. The molecule has 1 N–H and O–H groups in total. The van der Waals surface area contributed by atoms with Crippen molar-refractivity contribution in [1.29, 1.82) is 0 Å². The van der Waals surface area contributed by atoms with Crippen LogP contribution in [0.1, 0.15) is 25.1 Å². The molecular formula is C22H22N4O2S. The first-order chi connectivity index (χ1) is 14.3. The van der Waals surface area contributed by atoms with Crippen molar-refractivity contribution in [3.63, 3.8) is 0 Å². The molecule has 0 unspecified atom stereocenters. The van der Waals surface area contributed by atoms with Crippen molar-refractivity contribution in [2.24, 2.45) is 0 Å². The van der Waals surface area contributed by atoms with Crippen molar-refractivity contribution >= 4 is 17.4 Å². The normalized spacial score (nSPS) is 14.6. The Kier molecular flexibility index (Phi) is 5.95. The summed E-state index contributed by atoms with van der Waals surface area (Å²) in [6, 6.07) is 15.7. The molecule has 3 aromatic rings. The summed E-state index contributed by atoms with van der Waals surface area (Å²) in [6.45, 7) is 6.27. The first-order valence-electron chi connectivity index (χ1n) is 9.52. The molecule has 4 rings (SSSR count). The smallest absolute Gasteiger partial charge is 0.247 e. The molecule has 0 saturated carbocycles. The van der Waals surface area contributed by atoms with Gasteiger partial charge in [0.25, 0.3) is 0 Å². The molecule has 1 aliphatic rings. The van der Waals surface area contributed by atoms with Gasteiger partial charge in [-0.3, -0.25) is 0 Å². The zero-order valence-electron chi connectivity index (χ0n) is 16.2. The molecule has 0 fully saturated rings. The number of anilines is 1. The summed E-state index contributed by atoms with van der Waals surface area (Å²) < 4.78 is 11.8. The number of hydrogen-bond acceptors (Lipinski definition) is 7. The van der Waals surface area contributed by atoms with Gasteiger partial charge >= 0.3 is 0 Å². The van der Waals surface area contributed by atoms with E-state index < -0.39 is 6.23 Å². The number of ether oxygens (including phenoxy) is 2. The van der Waals surface area contributed by atoms with Gasteiger partial charge in [-0.05, 0) is 36.8 Å². The maximum absolute atomic E-state index is 6.27. The minimum absolute atomic E-state index is 0.411. The lowest BCUT2D eigenvalue weighted by molar-refractivity contribution is 0.225. The van der Waals surface area contributed by atoms with E-state index in [1.54, 1.807) is 17.8 Å². The van der Waals surface area contributed by atoms with Gasteiger partial charge in [-0.2, -0.15) is 4.98 Å². The number of benzene rings is 2. The van der Waals surface area contributed by atoms with Crippen LogP contribution in [0.15, 0.2) is 66.3 Å². The van der Waals surface area contributed by atoms with Crippen LogP contribution in [-0.4, -0.2) is 27.5 Å². The van der Waals surface area contributed by atoms with Crippen LogP contribution in [0, 0.1) is 0 Å². The summed E-state index contributed by atoms with van der Waals surface area (Å²) in [7, 11) is 0. The van der Waals surface area contributed by atoms with Crippen molar-refractivity contribution in [1.82, 2.24) is 15.2 Å². The molecule has 1 aliphatic heterocycles. The number of thioether (sulfide) groups is 1. The standard InChI is InChI=1S/C22H22N4O2S/c1-3-13-27-16-11-9-15(10-12-16)20-23-18-8-6-5-7-17(18)19-21(28-20)24-22(26-25-19)29-14-4-2/h3,5-12,20,23H,1,4,13-14H2,2H3/t20-/m1/s1. The summed E-state index contributed by atoms with van der Waals surface area (Å²) in [5.41, 5.74) is 3.44. The summed E-state index contributed by atoms with van der Waals surface area (Å²) in [5, 5.41) is 12.8. The molecule has 29 heavy (non-hydrogen) atoms. The lowest BCUT2D eigenvalue weighted by Crippen LogP contribution is -2.17. The summed E-state index contributed by atoms with van der Waals surface area (Å²) in [6.07, 6.45) is 2.35. The van der Waals surface area contributed by atoms with Crippen molar-refractivity contribution in [2.45, 2.75) is 24.7 Å². The SMILES string of the molecule is C=CCOc1ccc([C@@H]2Nc3ccccc3-c3nnc(SCCC)nc3O2)cc1. The summed E-state index contributed by atoms with van der Waals surface area (Å²) in [5.74, 6) is 2.20. The molecular weight excluding hydrogens is 384 g/mol. The lowest BCUT2D eigenvalue weighted by Gasteiger charge is -2.19. The fourth-order valence-electron chi connectivity index (χ4n) is 2.95. The average molecular weight is 407 g/mol. The van der Waals surface area contributed by atoms with E-state index >= 15 is 0 Å². The van der Waals surface area contributed by atoms with Gasteiger partial charge in [-0.25, -0.2) is 0 Å². The Bertz CT molecular complexity index is 994. The topological polar surface area (TPSA) is 69.2 Å². The average Bonchev–Trinajstić information content (AvgIpc) is 2.93. The van der Waals surface area contributed by atoms with Gasteiger partial charge in [0.05, 0.1) is 0 Å². The number of para-hydroxylation sites is 1. The highest BCUT2D eigenvalue weighted by Crippen LogP contribution is 2.39. The first kappa shape index (κ1) is 19.3. The van der Waals surface area contributed by atoms with E-state index in [1.807, 2.05) is 48.5 Å². The van der Waals surface area contributed by atoms with Gasteiger partial charge < -0.3 is 14.8 Å². The van der Waals surface area contributed by atoms with Crippen LogP contribution < -0.4 is 14.8 Å². The van der Waals surface area contributed by atoms with Gasteiger partial charge in [-0.1, -0.05) is 49.5 Å². The highest BCUT2D eigenvalue weighted by molar-refractivity contribution is 7.99. The maximum Gasteiger partial charge on any atom is 0.247 e. The third kappa shape index (κ3) is 4.35. The van der Waals surface area contributed by atoms with Gasteiger partial charge in [0, 0.05) is 22.6 Å². The van der Waals surface area contributed by atoms with Gasteiger partial charge in [0.1, 0.15) is 12.4 Å². The van der Waals surface area contributed by atoms with E-state index in [1.165, 1.54) is 0 Å². The predicted octanol–water partition coefficient (Wildman–Crippen LogP) is 5.11. The van der Waals surface area contributed by atoms with Crippen LogP contribution in [0.2, 0.25) is 0 Å². The van der Waals surface area contributed by atoms with E-state index in [4.69, 9.17) is 9.47 Å². The van der Waals surface area contributed by atoms with Crippen LogP contribution in [0.3, 0.4) is 0 Å². The Morgan fingerprint density at radius 1 is 1.17 bits per heavy atom. The number of rotatable bonds is 7. The molecule has 1 atom stereocenters. The Morgan fingerprint density at radius 2 is 2.00 bits per heavy atom. The van der Waals surface area contributed by atoms with E-state index in [2.05, 4.69) is 34.0 Å². The van der Waals surface area contributed by atoms with Crippen molar-refractivity contribution in [3.05, 3.63) is 66.7 Å². The second-order valence-electron chi connectivity index (χ2n) is 6.45. The van der Waals surface area contributed by atoms with Crippen molar-refractivity contribution in [3.8, 4) is 22.9 Å². The van der Waals surface area contributed by atoms with Crippen LogP contribution in [0.4, 0.5) is 5.69 Å². The van der Waals surface area contributed by atoms with Gasteiger partial charge in [0.15, 0.2) is 11.9 Å². The highest BCUT2D eigenvalue weighted by Gasteiger charge is 2.26. The van der Waals surface area contributed by atoms with Crippen molar-refractivity contribution < 1.29 is 9.47 Å². The molecule has 2 heterocycles. The molecule has 1 aromatic heterocycles. The molecule has 0 radical (unpaired) electrons. The monoisotopic (exact) mass is 406 g/mol. The van der Waals surface area contributed by atoms with Crippen LogP contribution in [-0.2, 0) is 0 Å². The van der Waals surface area contributed by atoms with Crippen molar-refractivity contribution in [2.75, 3.05) is 17.7 Å². The number of hydrogen-bond donors (Lipinski definition) is 1. The molecule has 0 bridgehead atoms. The lowest BCUT2D eigenvalue weighted by atomic mass is 10.1. The Labute approximate surface area is 174 Å². The van der Waals surface area contributed by atoms with Gasteiger partial charge in [0.2, 0.25) is 11.0 Å². The van der Waals surface area contributed by atoms with Gasteiger partial charge in [-0.15, -0.1) is 10.2 Å². The minimum atomic E-state index is -0.411. The third-order valence-electron chi connectivity index (χ3n) is 4.32. The third-order valence-corrected chi connectivity index (χ3v) is 5.36.